The van der Waals surface area contributed by atoms with E-state index in [0.717, 1.165) is 11.1 Å². The molecular weight excluding hydrogens is 478 g/mol. The largest absolute Gasteiger partial charge is 0.489 e. The Kier molecular flexibility index (Phi) is 10.9. The zero-order valence-electron chi connectivity index (χ0n) is 21.5. The molecule has 0 aliphatic rings. The van der Waals surface area contributed by atoms with E-state index in [1.165, 1.54) is 6.92 Å². The van der Waals surface area contributed by atoms with E-state index in [2.05, 4.69) is 16.0 Å². The van der Waals surface area contributed by atoms with Crippen molar-refractivity contribution in [2.45, 2.75) is 58.4 Å². The number of amides is 4. The van der Waals surface area contributed by atoms with Crippen LogP contribution in [0.4, 0.5) is 4.79 Å². The lowest BCUT2D eigenvalue weighted by Crippen LogP contribution is -2.54. The van der Waals surface area contributed by atoms with Gasteiger partial charge in [0, 0.05) is 6.42 Å². The summed E-state index contributed by atoms with van der Waals surface area (Å²) in [6.07, 6.45) is -0.638. The second-order valence-electron chi connectivity index (χ2n) is 9.34. The predicted octanol–water partition coefficient (Wildman–Crippen LogP) is 1.31. The Labute approximate surface area is 216 Å². The maximum absolute atomic E-state index is 13.0. The van der Waals surface area contributed by atoms with Crippen molar-refractivity contribution in [3.8, 4) is 5.75 Å². The number of hydrogen-bond donors (Lipinski definition) is 5. The second kappa shape index (κ2) is 13.8. The van der Waals surface area contributed by atoms with E-state index >= 15 is 0 Å². The van der Waals surface area contributed by atoms with Crippen LogP contribution in [0.3, 0.4) is 0 Å². The summed E-state index contributed by atoms with van der Waals surface area (Å²) in [5, 5.41) is 7.48. The van der Waals surface area contributed by atoms with E-state index in [4.69, 9.17) is 15.3 Å². The maximum atomic E-state index is 13.0. The number of nitrogens with one attached hydrogen (secondary N) is 4. The van der Waals surface area contributed by atoms with Gasteiger partial charge >= 0.3 is 6.09 Å². The van der Waals surface area contributed by atoms with Crippen LogP contribution in [0, 0.1) is 0 Å². The molecule has 11 heteroatoms. The molecule has 2 atom stereocenters. The molecule has 0 spiro atoms. The van der Waals surface area contributed by atoms with Crippen molar-refractivity contribution in [2.75, 3.05) is 6.54 Å². The molecule has 200 valence electrons. The third kappa shape index (κ3) is 11.0. The van der Waals surface area contributed by atoms with Crippen molar-refractivity contribution < 1.29 is 28.7 Å². The van der Waals surface area contributed by atoms with E-state index in [1.54, 1.807) is 45.0 Å². The average Bonchev–Trinajstić information content (AvgIpc) is 2.85. The molecule has 2 aromatic rings. The molecule has 4 amide bonds. The fourth-order valence-corrected chi connectivity index (χ4v) is 3.11. The molecule has 37 heavy (non-hydrogen) atoms. The smallest absolute Gasteiger partial charge is 0.408 e. The first-order valence-electron chi connectivity index (χ1n) is 11.8. The van der Waals surface area contributed by atoms with Gasteiger partial charge in [-0.1, -0.05) is 42.5 Å². The van der Waals surface area contributed by atoms with Crippen molar-refractivity contribution in [1.29, 1.82) is 0 Å². The van der Waals surface area contributed by atoms with Gasteiger partial charge in [-0.15, -0.1) is 0 Å². The Morgan fingerprint density at radius 1 is 0.892 bits per heavy atom. The summed E-state index contributed by atoms with van der Waals surface area (Å²) in [7, 11) is 0. The van der Waals surface area contributed by atoms with Crippen LogP contribution in [0.1, 0.15) is 38.8 Å². The van der Waals surface area contributed by atoms with E-state index in [1.807, 2.05) is 35.8 Å². The molecule has 0 saturated heterocycles. The summed E-state index contributed by atoms with van der Waals surface area (Å²) in [6, 6.07) is 14.9. The lowest BCUT2D eigenvalue weighted by atomic mass is 10.0. The molecule has 0 radical (unpaired) electrons. The molecule has 11 nitrogen and oxygen atoms in total. The van der Waals surface area contributed by atoms with Crippen LogP contribution in [-0.4, -0.2) is 48.0 Å². The topological polar surface area (TPSA) is 161 Å². The standard InChI is InChI=1S/C26H35N5O6/c1-17(23(33)28-15-22(32)31-27)29-24(34)21(30-25(35)37-26(2,3)4)14-18-10-12-20(13-11-18)36-16-19-8-6-5-7-9-19/h5-13,17,21H,14-16,27H2,1-4H3,(H,28,33)(H,29,34)(H,30,35)(H,31,32)/t17-,21+/m0/s1. The van der Waals surface area contributed by atoms with Crippen LogP contribution in [0.15, 0.2) is 54.6 Å². The van der Waals surface area contributed by atoms with Crippen molar-refractivity contribution in [1.82, 2.24) is 21.4 Å². The number of benzene rings is 2. The van der Waals surface area contributed by atoms with Crippen LogP contribution >= 0.6 is 0 Å². The third-order valence-corrected chi connectivity index (χ3v) is 4.96. The number of carbonyl (C=O) groups is 4. The average molecular weight is 514 g/mol. The zero-order chi connectivity index (χ0) is 27.4. The maximum Gasteiger partial charge on any atom is 0.408 e. The molecule has 0 aliphatic heterocycles. The van der Waals surface area contributed by atoms with Gasteiger partial charge in [0.25, 0.3) is 5.91 Å². The summed E-state index contributed by atoms with van der Waals surface area (Å²) in [5.41, 5.74) is 2.91. The van der Waals surface area contributed by atoms with E-state index in [9.17, 15) is 19.2 Å². The van der Waals surface area contributed by atoms with E-state index < -0.39 is 41.5 Å². The molecule has 0 fully saturated rings. The molecule has 0 aliphatic carbocycles. The molecule has 0 aromatic heterocycles. The van der Waals surface area contributed by atoms with Crippen molar-refractivity contribution in [2.24, 2.45) is 5.84 Å². The normalized spacial score (nSPS) is 12.5. The quantitative estimate of drug-likeness (QED) is 0.172. The van der Waals surface area contributed by atoms with Crippen LogP contribution in [0.25, 0.3) is 0 Å². The van der Waals surface area contributed by atoms with Gasteiger partial charge in [0.15, 0.2) is 0 Å². The van der Waals surface area contributed by atoms with Crippen LogP contribution < -0.4 is 32.0 Å². The Morgan fingerprint density at radius 2 is 1.54 bits per heavy atom. The minimum absolute atomic E-state index is 0.133. The van der Waals surface area contributed by atoms with Gasteiger partial charge in [-0.2, -0.15) is 0 Å². The lowest BCUT2D eigenvalue weighted by molar-refractivity contribution is -0.130. The lowest BCUT2D eigenvalue weighted by Gasteiger charge is -2.24. The Morgan fingerprint density at radius 3 is 2.14 bits per heavy atom. The first kappa shape index (κ1) is 29.1. The summed E-state index contributed by atoms with van der Waals surface area (Å²) in [4.78, 5) is 48.9. The summed E-state index contributed by atoms with van der Waals surface area (Å²) in [5.74, 6) is 3.87. The Bertz CT molecular complexity index is 1050. The summed E-state index contributed by atoms with van der Waals surface area (Å²) >= 11 is 0. The predicted molar refractivity (Wildman–Crippen MR) is 137 cm³/mol. The fourth-order valence-electron chi connectivity index (χ4n) is 3.11. The minimum atomic E-state index is -1.03. The number of alkyl carbamates (subject to hydrolysis) is 1. The van der Waals surface area contributed by atoms with Gasteiger partial charge in [-0.25, -0.2) is 10.6 Å². The summed E-state index contributed by atoms with van der Waals surface area (Å²) < 4.78 is 11.1. The number of ether oxygens (including phenoxy) is 2. The van der Waals surface area contributed by atoms with Crippen molar-refractivity contribution >= 4 is 23.8 Å². The van der Waals surface area contributed by atoms with Gasteiger partial charge in [0.05, 0.1) is 6.54 Å². The van der Waals surface area contributed by atoms with Crippen LogP contribution in [0.2, 0.25) is 0 Å². The van der Waals surface area contributed by atoms with Crippen LogP contribution in [0.5, 0.6) is 5.75 Å². The highest BCUT2D eigenvalue weighted by molar-refractivity contribution is 5.92. The highest BCUT2D eigenvalue weighted by Crippen LogP contribution is 2.16. The number of rotatable bonds is 11. The first-order chi connectivity index (χ1) is 17.5. The highest BCUT2D eigenvalue weighted by atomic mass is 16.6. The van der Waals surface area contributed by atoms with Gasteiger partial charge in [0.2, 0.25) is 11.8 Å². The Hall–Kier alpha value is -4.12. The molecule has 0 heterocycles. The number of carbonyl (C=O) groups excluding carboxylic acids is 4. The van der Waals surface area contributed by atoms with Gasteiger partial charge in [0.1, 0.15) is 30.0 Å². The van der Waals surface area contributed by atoms with Gasteiger partial charge in [-0.3, -0.25) is 19.8 Å². The number of hydrazine groups is 1. The molecule has 0 bridgehead atoms. The molecular formula is C26H35N5O6. The number of hydrogen-bond acceptors (Lipinski definition) is 7. The number of nitrogens with two attached hydrogens (primary N) is 1. The summed E-state index contributed by atoms with van der Waals surface area (Å²) in [6.45, 7) is 6.66. The van der Waals surface area contributed by atoms with Crippen LogP contribution in [-0.2, 0) is 32.1 Å². The molecule has 2 rings (SSSR count). The van der Waals surface area contributed by atoms with E-state index in [0.29, 0.717) is 12.4 Å². The minimum Gasteiger partial charge on any atom is -0.489 e. The molecule has 6 N–H and O–H groups in total. The van der Waals surface area contributed by atoms with Crippen molar-refractivity contribution in [3.63, 3.8) is 0 Å². The Balaban J connectivity index is 2.05. The van der Waals surface area contributed by atoms with Gasteiger partial charge in [-0.05, 0) is 51.0 Å². The highest BCUT2D eigenvalue weighted by Gasteiger charge is 2.27. The fraction of sp³-hybridized carbons (Fsp3) is 0.385. The first-order valence-corrected chi connectivity index (χ1v) is 11.8. The molecule has 0 saturated carbocycles. The monoisotopic (exact) mass is 513 g/mol. The van der Waals surface area contributed by atoms with Crippen molar-refractivity contribution in [3.05, 3.63) is 65.7 Å². The van der Waals surface area contributed by atoms with Gasteiger partial charge < -0.3 is 25.4 Å². The van der Waals surface area contributed by atoms with E-state index in [-0.39, 0.29) is 13.0 Å². The SMILES string of the molecule is C[C@H](NC(=O)[C@@H](Cc1ccc(OCc2ccccc2)cc1)NC(=O)OC(C)(C)C)C(=O)NCC(=O)NN. The molecule has 0 unspecified atom stereocenters. The zero-order valence-corrected chi connectivity index (χ0v) is 21.5. The molecule has 2 aromatic carbocycles. The third-order valence-electron chi connectivity index (χ3n) is 4.96. The second-order valence-corrected chi connectivity index (χ2v) is 9.34.